The molecule has 0 aliphatic heterocycles. The molecule has 0 fully saturated rings. The summed E-state index contributed by atoms with van der Waals surface area (Å²) in [6, 6.07) is 5.66. The van der Waals surface area contributed by atoms with Gasteiger partial charge in [-0.05, 0) is 30.2 Å². The maximum atomic E-state index is 11.6. The molecule has 3 nitrogen and oxygen atoms in total. The summed E-state index contributed by atoms with van der Waals surface area (Å²) in [7, 11) is 3.27. The average molecular weight is 236 g/mol. The van der Waals surface area contributed by atoms with Crippen molar-refractivity contribution in [2.45, 2.75) is 26.7 Å². The summed E-state index contributed by atoms with van der Waals surface area (Å²) in [6.45, 7) is 3.84. The van der Waals surface area contributed by atoms with E-state index in [1.165, 1.54) is 0 Å². The third kappa shape index (κ3) is 3.48. The Labute approximate surface area is 103 Å². The number of ether oxygens (including phenoxy) is 2. The molecule has 0 spiro atoms. The fourth-order valence-electron chi connectivity index (χ4n) is 1.83. The number of Topliss-reactive ketones (excluding diaryl/α,β-unsaturated/α-hetero) is 1. The van der Waals surface area contributed by atoms with Crippen LogP contribution >= 0.6 is 0 Å². The van der Waals surface area contributed by atoms with Crippen molar-refractivity contribution in [1.29, 1.82) is 0 Å². The Hall–Kier alpha value is -1.51. The average Bonchev–Trinajstić information content (AvgIpc) is 2.37. The standard InChI is InChI=1S/C14H20O3/c1-5-13(15)10(2)8-11-9-12(16-3)6-7-14(11)17-4/h6-7,9-10H,5,8H2,1-4H3. The highest BCUT2D eigenvalue weighted by molar-refractivity contribution is 5.80. The smallest absolute Gasteiger partial charge is 0.135 e. The Balaban J connectivity index is 2.91. The van der Waals surface area contributed by atoms with Crippen molar-refractivity contribution in [3.8, 4) is 11.5 Å². The number of rotatable bonds is 6. The second-order valence-electron chi connectivity index (χ2n) is 4.10. The lowest BCUT2D eigenvalue weighted by atomic mass is 9.95. The third-order valence-electron chi connectivity index (χ3n) is 2.91. The molecule has 0 saturated carbocycles. The van der Waals surface area contributed by atoms with E-state index in [1.807, 2.05) is 32.0 Å². The van der Waals surface area contributed by atoms with E-state index in [0.29, 0.717) is 12.8 Å². The zero-order valence-corrected chi connectivity index (χ0v) is 10.9. The van der Waals surface area contributed by atoms with Crippen molar-refractivity contribution in [3.05, 3.63) is 23.8 Å². The molecule has 0 aliphatic rings. The number of carbonyl (C=O) groups excluding carboxylic acids is 1. The van der Waals surface area contributed by atoms with Gasteiger partial charge in [0, 0.05) is 12.3 Å². The lowest BCUT2D eigenvalue weighted by Crippen LogP contribution is -2.12. The van der Waals surface area contributed by atoms with Crippen molar-refractivity contribution in [2.75, 3.05) is 14.2 Å². The Kier molecular flexibility index (Phi) is 5.01. The highest BCUT2D eigenvalue weighted by Crippen LogP contribution is 2.26. The minimum Gasteiger partial charge on any atom is -0.497 e. The molecular weight excluding hydrogens is 216 g/mol. The molecule has 0 bridgehead atoms. The molecule has 1 unspecified atom stereocenters. The molecule has 0 amide bonds. The first-order chi connectivity index (χ1) is 8.12. The van der Waals surface area contributed by atoms with Gasteiger partial charge in [-0.2, -0.15) is 0 Å². The van der Waals surface area contributed by atoms with Gasteiger partial charge < -0.3 is 9.47 Å². The van der Waals surface area contributed by atoms with Crippen LogP contribution in [0.3, 0.4) is 0 Å². The van der Waals surface area contributed by atoms with E-state index in [9.17, 15) is 4.79 Å². The SMILES string of the molecule is CCC(=O)C(C)Cc1cc(OC)ccc1OC. The molecule has 1 atom stereocenters. The van der Waals surface area contributed by atoms with Crippen LogP contribution in [-0.4, -0.2) is 20.0 Å². The van der Waals surface area contributed by atoms with E-state index < -0.39 is 0 Å². The van der Waals surface area contributed by atoms with Gasteiger partial charge in [0.15, 0.2) is 0 Å². The molecule has 94 valence electrons. The summed E-state index contributed by atoms with van der Waals surface area (Å²) in [4.78, 5) is 11.6. The van der Waals surface area contributed by atoms with Gasteiger partial charge in [-0.25, -0.2) is 0 Å². The Bertz CT molecular complexity index is 385. The molecule has 0 heterocycles. The maximum absolute atomic E-state index is 11.6. The van der Waals surface area contributed by atoms with Crippen LogP contribution in [0.1, 0.15) is 25.8 Å². The second-order valence-corrected chi connectivity index (χ2v) is 4.10. The number of benzene rings is 1. The quantitative estimate of drug-likeness (QED) is 0.762. The summed E-state index contributed by atoms with van der Waals surface area (Å²) in [6.07, 6.45) is 1.26. The van der Waals surface area contributed by atoms with E-state index in [-0.39, 0.29) is 11.7 Å². The lowest BCUT2D eigenvalue weighted by molar-refractivity contribution is -0.122. The summed E-state index contributed by atoms with van der Waals surface area (Å²) < 4.78 is 10.5. The first kappa shape index (κ1) is 13.6. The van der Waals surface area contributed by atoms with Crippen LogP contribution in [-0.2, 0) is 11.2 Å². The zero-order chi connectivity index (χ0) is 12.8. The number of methoxy groups -OCH3 is 2. The molecule has 3 heteroatoms. The molecule has 17 heavy (non-hydrogen) atoms. The minimum absolute atomic E-state index is 0.0148. The molecule has 0 saturated heterocycles. The van der Waals surface area contributed by atoms with Crippen molar-refractivity contribution in [2.24, 2.45) is 5.92 Å². The van der Waals surface area contributed by atoms with E-state index >= 15 is 0 Å². The third-order valence-corrected chi connectivity index (χ3v) is 2.91. The summed E-state index contributed by atoms with van der Waals surface area (Å²) >= 11 is 0. The summed E-state index contributed by atoms with van der Waals surface area (Å²) in [5, 5.41) is 0. The molecule has 1 aromatic rings. The fourth-order valence-corrected chi connectivity index (χ4v) is 1.83. The number of hydrogen-bond acceptors (Lipinski definition) is 3. The van der Waals surface area contributed by atoms with E-state index in [0.717, 1.165) is 17.1 Å². The van der Waals surface area contributed by atoms with Crippen LogP contribution in [0.15, 0.2) is 18.2 Å². The van der Waals surface area contributed by atoms with Gasteiger partial charge >= 0.3 is 0 Å². The van der Waals surface area contributed by atoms with Crippen LogP contribution in [0, 0.1) is 5.92 Å². The Morgan fingerprint density at radius 1 is 1.29 bits per heavy atom. The Morgan fingerprint density at radius 2 is 2.00 bits per heavy atom. The van der Waals surface area contributed by atoms with Gasteiger partial charge in [0.05, 0.1) is 14.2 Å². The molecular formula is C14H20O3. The number of hydrogen-bond donors (Lipinski definition) is 0. The van der Waals surface area contributed by atoms with Crippen molar-refractivity contribution < 1.29 is 14.3 Å². The van der Waals surface area contributed by atoms with Crippen LogP contribution in [0.25, 0.3) is 0 Å². The summed E-state index contributed by atoms with van der Waals surface area (Å²) in [5.74, 6) is 1.88. The van der Waals surface area contributed by atoms with Crippen molar-refractivity contribution >= 4 is 5.78 Å². The van der Waals surface area contributed by atoms with Gasteiger partial charge in [-0.1, -0.05) is 13.8 Å². The van der Waals surface area contributed by atoms with Gasteiger partial charge in [-0.3, -0.25) is 4.79 Å². The molecule has 1 rings (SSSR count). The lowest BCUT2D eigenvalue weighted by Gasteiger charge is -2.13. The molecule has 0 radical (unpaired) electrons. The fraction of sp³-hybridized carbons (Fsp3) is 0.500. The molecule has 0 N–H and O–H groups in total. The van der Waals surface area contributed by atoms with Crippen LogP contribution in [0.5, 0.6) is 11.5 Å². The zero-order valence-electron chi connectivity index (χ0n) is 10.9. The number of carbonyl (C=O) groups is 1. The van der Waals surface area contributed by atoms with Gasteiger partial charge in [0.2, 0.25) is 0 Å². The van der Waals surface area contributed by atoms with Crippen LogP contribution in [0.2, 0.25) is 0 Å². The second kappa shape index (κ2) is 6.28. The highest BCUT2D eigenvalue weighted by Gasteiger charge is 2.14. The molecule has 0 aliphatic carbocycles. The topological polar surface area (TPSA) is 35.5 Å². The largest absolute Gasteiger partial charge is 0.497 e. The van der Waals surface area contributed by atoms with Crippen molar-refractivity contribution in [3.63, 3.8) is 0 Å². The first-order valence-electron chi connectivity index (χ1n) is 5.86. The number of ketones is 1. The molecule has 0 aromatic heterocycles. The predicted molar refractivity (Wildman–Crippen MR) is 67.7 cm³/mol. The minimum atomic E-state index is 0.0148. The van der Waals surface area contributed by atoms with Gasteiger partial charge in [0.1, 0.15) is 17.3 Å². The maximum Gasteiger partial charge on any atom is 0.135 e. The van der Waals surface area contributed by atoms with Crippen LogP contribution < -0.4 is 9.47 Å². The van der Waals surface area contributed by atoms with E-state index in [1.54, 1.807) is 14.2 Å². The summed E-state index contributed by atoms with van der Waals surface area (Å²) in [5.41, 5.74) is 1.01. The van der Waals surface area contributed by atoms with Crippen LogP contribution in [0.4, 0.5) is 0 Å². The normalized spacial score (nSPS) is 12.0. The van der Waals surface area contributed by atoms with E-state index in [2.05, 4.69) is 0 Å². The van der Waals surface area contributed by atoms with Gasteiger partial charge in [0.25, 0.3) is 0 Å². The monoisotopic (exact) mass is 236 g/mol. The first-order valence-corrected chi connectivity index (χ1v) is 5.86. The van der Waals surface area contributed by atoms with Gasteiger partial charge in [-0.15, -0.1) is 0 Å². The Morgan fingerprint density at radius 3 is 2.53 bits per heavy atom. The van der Waals surface area contributed by atoms with E-state index in [4.69, 9.17) is 9.47 Å². The highest BCUT2D eigenvalue weighted by atomic mass is 16.5. The predicted octanol–water partition coefficient (Wildman–Crippen LogP) is 2.86. The van der Waals surface area contributed by atoms with Crippen molar-refractivity contribution in [1.82, 2.24) is 0 Å². The molecule has 1 aromatic carbocycles.